The van der Waals surface area contributed by atoms with Crippen molar-refractivity contribution in [2.75, 3.05) is 0 Å². The van der Waals surface area contributed by atoms with E-state index < -0.39 is 23.4 Å². The lowest BCUT2D eigenvalue weighted by Crippen LogP contribution is -2.40. The third kappa shape index (κ3) is 4.69. The van der Waals surface area contributed by atoms with E-state index in [0.717, 1.165) is 11.3 Å². The summed E-state index contributed by atoms with van der Waals surface area (Å²) in [4.78, 5) is 38.2. The zero-order valence-electron chi connectivity index (χ0n) is 17.9. The van der Waals surface area contributed by atoms with Crippen LogP contribution in [0, 0.1) is 6.92 Å². The molecule has 0 aliphatic rings. The highest BCUT2D eigenvalue weighted by Gasteiger charge is 2.27. The number of nitrogens with one attached hydrogen (secondary N) is 3. The lowest BCUT2D eigenvalue weighted by atomic mass is 10.0. The number of nitrogens with zero attached hydrogens (tertiary/aromatic N) is 4. The van der Waals surface area contributed by atoms with Gasteiger partial charge >= 0.3 is 0 Å². The van der Waals surface area contributed by atoms with Gasteiger partial charge in [0.05, 0.1) is 17.3 Å². The molecule has 0 fully saturated rings. The van der Waals surface area contributed by atoms with Gasteiger partial charge in [0, 0.05) is 29.8 Å². The van der Waals surface area contributed by atoms with Gasteiger partial charge in [-0.15, -0.1) is 0 Å². The quantitative estimate of drug-likeness (QED) is 0.307. The molecule has 1 atom stereocenters. The van der Waals surface area contributed by atoms with Crippen LogP contribution in [0.5, 0.6) is 0 Å². The van der Waals surface area contributed by atoms with Gasteiger partial charge in [0.15, 0.2) is 6.04 Å². The number of amides is 2. The lowest BCUT2D eigenvalue weighted by molar-refractivity contribution is -0.123. The van der Waals surface area contributed by atoms with Crippen LogP contribution in [0.3, 0.4) is 0 Å². The molecule has 2 heterocycles. The molecule has 0 radical (unpaired) electrons. The fourth-order valence-corrected chi connectivity index (χ4v) is 3.39. The summed E-state index contributed by atoms with van der Waals surface area (Å²) < 4.78 is 1.64. The average molecular weight is 443 g/mol. The molecule has 2 aromatic carbocycles. The van der Waals surface area contributed by atoms with Gasteiger partial charge in [0.2, 0.25) is 0 Å². The highest BCUT2D eigenvalue weighted by molar-refractivity contribution is 5.99. The lowest BCUT2D eigenvalue weighted by Gasteiger charge is -2.18. The molecule has 0 spiro atoms. The normalized spacial score (nSPS) is 12.1. The molecule has 33 heavy (non-hydrogen) atoms. The minimum atomic E-state index is -1.22. The van der Waals surface area contributed by atoms with Gasteiger partial charge in [-0.05, 0) is 25.1 Å². The van der Waals surface area contributed by atoms with E-state index in [1.165, 1.54) is 6.21 Å². The highest BCUT2D eigenvalue weighted by atomic mass is 16.2. The number of rotatable bonds is 6. The smallest absolute Gasteiger partial charge is 0.272 e. The van der Waals surface area contributed by atoms with Crippen molar-refractivity contribution >= 4 is 28.8 Å². The minimum absolute atomic E-state index is 0.194. The first kappa shape index (κ1) is 21.6. The second-order valence-electron chi connectivity index (χ2n) is 7.33. The number of H-pyrrole nitrogens is 1. The number of hydrogen-bond acceptors (Lipinski definition) is 6. The molecule has 0 aliphatic carbocycles. The molecule has 0 saturated heterocycles. The molecule has 3 N–H and O–H groups in total. The Balaban J connectivity index is 1.68. The summed E-state index contributed by atoms with van der Waals surface area (Å²) in [6.07, 6.45) is 3.23. The molecule has 0 bridgehead atoms. The van der Waals surface area contributed by atoms with Crippen molar-refractivity contribution in [3.63, 3.8) is 0 Å². The van der Waals surface area contributed by atoms with Crippen LogP contribution in [0.2, 0.25) is 0 Å². The summed E-state index contributed by atoms with van der Waals surface area (Å²) in [5.41, 5.74) is 4.10. The monoisotopic (exact) mass is 443 g/mol. The van der Waals surface area contributed by atoms with E-state index in [4.69, 9.17) is 0 Å². The first-order valence-electron chi connectivity index (χ1n) is 10.1. The maximum absolute atomic E-state index is 13.1. The molecule has 2 aromatic heterocycles. The molecule has 1 unspecified atom stereocenters. The first-order valence-corrected chi connectivity index (χ1v) is 10.1. The van der Waals surface area contributed by atoms with Gasteiger partial charge in [0.1, 0.15) is 5.69 Å². The van der Waals surface area contributed by atoms with E-state index in [1.54, 1.807) is 72.5 Å². The van der Waals surface area contributed by atoms with Crippen LogP contribution >= 0.6 is 0 Å². The SMILES string of the molecule is Cc1nn(C)cc1C=NNC(=O)C(NC(=O)c1ccccc1)c1n[nH]c(=O)c2ccccc12. The Bertz CT molecular complexity index is 1410. The van der Waals surface area contributed by atoms with Crippen molar-refractivity contribution < 1.29 is 9.59 Å². The Morgan fingerprint density at radius 3 is 2.48 bits per heavy atom. The zero-order chi connectivity index (χ0) is 23.4. The number of carbonyl (C=O) groups is 2. The Labute approximate surface area is 188 Å². The molecule has 4 rings (SSSR count). The molecular formula is C23H21N7O3. The molecule has 0 saturated carbocycles. The van der Waals surface area contributed by atoms with E-state index in [1.807, 2.05) is 6.92 Å². The van der Waals surface area contributed by atoms with Crippen molar-refractivity contribution in [2.24, 2.45) is 12.1 Å². The van der Waals surface area contributed by atoms with Crippen molar-refractivity contribution in [2.45, 2.75) is 13.0 Å². The molecule has 10 heteroatoms. The molecule has 0 aliphatic heterocycles. The number of hydrogen-bond donors (Lipinski definition) is 3. The number of carbonyl (C=O) groups excluding carboxylic acids is 2. The Hall–Kier alpha value is -4.60. The predicted molar refractivity (Wildman–Crippen MR) is 123 cm³/mol. The highest BCUT2D eigenvalue weighted by Crippen LogP contribution is 2.20. The Morgan fingerprint density at radius 1 is 1.09 bits per heavy atom. The van der Waals surface area contributed by atoms with Crippen molar-refractivity contribution in [1.29, 1.82) is 0 Å². The van der Waals surface area contributed by atoms with Crippen LogP contribution in [0.25, 0.3) is 10.8 Å². The summed E-state index contributed by atoms with van der Waals surface area (Å²) in [7, 11) is 1.78. The maximum atomic E-state index is 13.1. The average Bonchev–Trinajstić information content (AvgIpc) is 3.15. The number of benzene rings is 2. The summed E-state index contributed by atoms with van der Waals surface area (Å²) in [5.74, 6) is -1.10. The number of aromatic nitrogens is 4. The van der Waals surface area contributed by atoms with E-state index in [9.17, 15) is 14.4 Å². The van der Waals surface area contributed by atoms with Crippen LogP contribution in [0.15, 0.2) is 70.7 Å². The van der Waals surface area contributed by atoms with Crippen LogP contribution < -0.4 is 16.3 Å². The van der Waals surface area contributed by atoms with Crippen LogP contribution in [-0.2, 0) is 11.8 Å². The largest absolute Gasteiger partial charge is 0.335 e. The fraction of sp³-hybridized carbons (Fsp3) is 0.130. The molecule has 10 nitrogen and oxygen atoms in total. The standard InChI is InChI=1S/C23H21N7O3/c1-14-16(13-30(2)29-14)12-24-27-23(33)20(25-21(31)15-8-4-3-5-9-15)19-17-10-6-7-11-18(17)22(32)28-26-19/h3-13,20H,1-2H3,(H,25,31)(H,27,33)(H,28,32). The maximum Gasteiger partial charge on any atom is 0.272 e. The first-order chi connectivity index (χ1) is 15.9. The Kier molecular flexibility index (Phi) is 6.07. The minimum Gasteiger partial charge on any atom is -0.335 e. The zero-order valence-corrected chi connectivity index (χ0v) is 17.9. The molecule has 166 valence electrons. The number of aryl methyl sites for hydroxylation is 2. The van der Waals surface area contributed by atoms with Gasteiger partial charge in [-0.25, -0.2) is 10.5 Å². The van der Waals surface area contributed by atoms with Gasteiger partial charge in [-0.3, -0.25) is 19.1 Å². The van der Waals surface area contributed by atoms with Gasteiger partial charge in [0.25, 0.3) is 17.4 Å². The Morgan fingerprint density at radius 2 is 1.79 bits per heavy atom. The third-order valence-electron chi connectivity index (χ3n) is 5.00. The van der Waals surface area contributed by atoms with Crippen LogP contribution in [0.4, 0.5) is 0 Å². The van der Waals surface area contributed by atoms with Gasteiger partial charge in [-0.1, -0.05) is 36.4 Å². The number of fused-ring (bicyclic) bond motifs is 1. The number of aromatic amines is 1. The van der Waals surface area contributed by atoms with Gasteiger partial charge in [-0.2, -0.15) is 15.3 Å². The van der Waals surface area contributed by atoms with Crippen LogP contribution in [-0.4, -0.2) is 38.0 Å². The summed E-state index contributed by atoms with van der Waals surface area (Å²) in [6.45, 7) is 1.82. The summed E-state index contributed by atoms with van der Waals surface area (Å²) in [5, 5.41) is 18.2. The van der Waals surface area contributed by atoms with E-state index >= 15 is 0 Å². The van der Waals surface area contributed by atoms with Crippen molar-refractivity contribution in [3.8, 4) is 0 Å². The summed E-state index contributed by atoms with van der Waals surface area (Å²) >= 11 is 0. The number of hydrazone groups is 1. The van der Waals surface area contributed by atoms with Gasteiger partial charge < -0.3 is 5.32 Å². The molecular weight excluding hydrogens is 422 g/mol. The predicted octanol–water partition coefficient (Wildman–Crippen LogP) is 1.59. The molecule has 4 aromatic rings. The van der Waals surface area contributed by atoms with Crippen LogP contribution in [0.1, 0.15) is 33.4 Å². The topological polar surface area (TPSA) is 134 Å². The second-order valence-corrected chi connectivity index (χ2v) is 7.33. The van der Waals surface area contributed by atoms with E-state index in [2.05, 4.69) is 31.1 Å². The summed E-state index contributed by atoms with van der Waals surface area (Å²) in [6, 6.07) is 14.0. The third-order valence-corrected chi connectivity index (χ3v) is 5.00. The van der Waals surface area contributed by atoms with E-state index in [0.29, 0.717) is 16.3 Å². The fourth-order valence-electron chi connectivity index (χ4n) is 3.39. The second kappa shape index (κ2) is 9.27. The van der Waals surface area contributed by atoms with Crippen molar-refractivity contribution in [3.05, 3.63) is 93.7 Å². The van der Waals surface area contributed by atoms with Crippen molar-refractivity contribution in [1.82, 2.24) is 30.7 Å². The van der Waals surface area contributed by atoms with E-state index in [-0.39, 0.29) is 5.69 Å². The molecule has 2 amide bonds.